The first kappa shape index (κ1) is 21.2. The van der Waals surface area contributed by atoms with E-state index in [4.69, 9.17) is 4.74 Å². The summed E-state index contributed by atoms with van der Waals surface area (Å²) in [4.78, 5) is 16.5. The van der Waals surface area contributed by atoms with Gasteiger partial charge in [0, 0.05) is 39.1 Å². The number of alkyl halides is 3. The topological polar surface area (TPSA) is 32.8 Å². The Kier molecular flexibility index (Phi) is 6.79. The minimum Gasteiger partial charge on any atom is -0.497 e. The lowest BCUT2D eigenvalue weighted by atomic mass is 10.1. The molecule has 0 radical (unpaired) electrons. The molecule has 3 rings (SSSR count). The second kappa shape index (κ2) is 9.31. The number of amides is 1. The van der Waals surface area contributed by atoms with Crippen LogP contribution in [0.25, 0.3) is 0 Å². The van der Waals surface area contributed by atoms with Crippen LogP contribution in [0.1, 0.15) is 23.1 Å². The van der Waals surface area contributed by atoms with Crippen molar-refractivity contribution in [3.8, 4) is 5.75 Å². The van der Waals surface area contributed by atoms with E-state index in [1.54, 1.807) is 7.11 Å². The highest BCUT2D eigenvalue weighted by Gasteiger charge is 2.30. The number of hydrogen-bond acceptors (Lipinski definition) is 3. The predicted octanol–water partition coefficient (Wildman–Crippen LogP) is 3.99. The van der Waals surface area contributed by atoms with Crippen LogP contribution in [-0.4, -0.2) is 49.0 Å². The van der Waals surface area contributed by atoms with E-state index in [0.29, 0.717) is 32.5 Å². The Morgan fingerprint density at radius 3 is 2.07 bits per heavy atom. The normalized spacial score (nSPS) is 15.4. The first-order valence-corrected chi connectivity index (χ1v) is 9.64. The molecule has 1 fully saturated rings. The summed E-state index contributed by atoms with van der Waals surface area (Å²) in [6.45, 7) is 3.31. The number of carbonyl (C=O) groups excluding carboxylic acids is 1. The van der Waals surface area contributed by atoms with Crippen LogP contribution in [0.2, 0.25) is 0 Å². The van der Waals surface area contributed by atoms with Gasteiger partial charge in [-0.05, 0) is 41.8 Å². The van der Waals surface area contributed by atoms with E-state index in [0.717, 1.165) is 42.1 Å². The highest BCUT2D eigenvalue weighted by atomic mass is 19.4. The van der Waals surface area contributed by atoms with Gasteiger partial charge >= 0.3 is 6.18 Å². The molecule has 0 spiro atoms. The number of benzene rings is 2. The number of hydrogen-bond donors (Lipinski definition) is 0. The average Bonchev–Trinajstić information content (AvgIpc) is 2.72. The van der Waals surface area contributed by atoms with Gasteiger partial charge in [-0.3, -0.25) is 9.69 Å². The molecule has 1 amide bonds. The molecule has 29 heavy (non-hydrogen) atoms. The lowest BCUT2D eigenvalue weighted by molar-refractivity contribution is -0.137. The molecule has 1 heterocycles. The van der Waals surface area contributed by atoms with Gasteiger partial charge in [0.2, 0.25) is 5.91 Å². The summed E-state index contributed by atoms with van der Waals surface area (Å²) in [5.74, 6) is 0.930. The Labute approximate surface area is 168 Å². The van der Waals surface area contributed by atoms with Crippen molar-refractivity contribution in [2.45, 2.75) is 25.6 Å². The molecule has 1 aliphatic heterocycles. The van der Waals surface area contributed by atoms with Gasteiger partial charge in [-0.25, -0.2) is 0 Å². The minimum absolute atomic E-state index is 0.134. The van der Waals surface area contributed by atoms with Crippen molar-refractivity contribution < 1.29 is 22.7 Å². The molecule has 2 aromatic carbocycles. The van der Waals surface area contributed by atoms with Crippen LogP contribution in [0.5, 0.6) is 5.75 Å². The Balaban J connectivity index is 1.43. The predicted molar refractivity (Wildman–Crippen MR) is 105 cm³/mol. The Morgan fingerprint density at radius 1 is 0.931 bits per heavy atom. The maximum absolute atomic E-state index is 12.6. The van der Waals surface area contributed by atoms with Crippen molar-refractivity contribution in [2.24, 2.45) is 0 Å². The van der Waals surface area contributed by atoms with Crippen LogP contribution in [0.4, 0.5) is 13.2 Å². The van der Waals surface area contributed by atoms with Crippen molar-refractivity contribution in [1.82, 2.24) is 9.80 Å². The molecular formula is C22H25F3N2O2. The van der Waals surface area contributed by atoms with E-state index in [-0.39, 0.29) is 5.91 Å². The summed E-state index contributed by atoms with van der Waals surface area (Å²) in [5, 5.41) is 0. The van der Waals surface area contributed by atoms with Crippen LogP contribution in [0.3, 0.4) is 0 Å². The summed E-state index contributed by atoms with van der Waals surface area (Å²) < 4.78 is 43.1. The zero-order valence-electron chi connectivity index (χ0n) is 16.4. The van der Waals surface area contributed by atoms with Gasteiger partial charge in [-0.15, -0.1) is 0 Å². The molecule has 0 unspecified atom stereocenters. The van der Waals surface area contributed by atoms with E-state index in [1.165, 1.54) is 12.1 Å². The highest BCUT2D eigenvalue weighted by Crippen LogP contribution is 2.29. The van der Waals surface area contributed by atoms with E-state index in [1.807, 2.05) is 29.2 Å². The van der Waals surface area contributed by atoms with E-state index in [9.17, 15) is 18.0 Å². The van der Waals surface area contributed by atoms with E-state index >= 15 is 0 Å². The molecule has 1 aliphatic rings. The van der Waals surface area contributed by atoms with Gasteiger partial charge in [0.15, 0.2) is 0 Å². The highest BCUT2D eigenvalue weighted by molar-refractivity contribution is 5.76. The minimum atomic E-state index is -4.31. The summed E-state index contributed by atoms with van der Waals surface area (Å²) in [6.07, 6.45) is -3.16. The molecule has 0 aromatic heterocycles. The molecule has 4 nitrogen and oxygen atoms in total. The number of methoxy groups -OCH3 is 1. The van der Waals surface area contributed by atoms with Crippen LogP contribution in [0.15, 0.2) is 48.5 Å². The van der Waals surface area contributed by atoms with Gasteiger partial charge in [-0.1, -0.05) is 24.3 Å². The molecule has 0 N–H and O–H groups in total. The average molecular weight is 406 g/mol. The quantitative estimate of drug-likeness (QED) is 0.727. The third-order valence-electron chi connectivity index (χ3n) is 5.20. The molecule has 0 atom stereocenters. The summed E-state index contributed by atoms with van der Waals surface area (Å²) in [5.41, 5.74) is 1.31. The van der Waals surface area contributed by atoms with Crippen LogP contribution in [-0.2, 0) is 23.9 Å². The number of ether oxygens (including phenoxy) is 1. The van der Waals surface area contributed by atoms with Gasteiger partial charge in [0.1, 0.15) is 5.75 Å². The van der Waals surface area contributed by atoms with E-state index in [2.05, 4.69) is 4.90 Å². The second-order valence-electron chi connectivity index (χ2n) is 7.20. The molecule has 0 aliphatic carbocycles. The molecular weight excluding hydrogens is 381 g/mol. The third-order valence-corrected chi connectivity index (χ3v) is 5.20. The first-order valence-electron chi connectivity index (χ1n) is 9.64. The molecule has 7 heteroatoms. The van der Waals surface area contributed by atoms with Gasteiger partial charge in [0.25, 0.3) is 0 Å². The maximum Gasteiger partial charge on any atom is 0.416 e. The number of carbonyl (C=O) groups is 1. The first-order chi connectivity index (χ1) is 13.8. The number of halogens is 3. The lowest BCUT2D eigenvalue weighted by Crippen LogP contribution is -2.48. The smallest absolute Gasteiger partial charge is 0.416 e. The van der Waals surface area contributed by atoms with Gasteiger partial charge in [-0.2, -0.15) is 13.2 Å². The molecule has 2 aromatic rings. The summed E-state index contributed by atoms with van der Waals surface area (Å²) in [6, 6.07) is 13.0. The zero-order chi connectivity index (χ0) is 20.9. The van der Waals surface area contributed by atoms with Crippen LogP contribution in [0, 0.1) is 0 Å². The molecule has 156 valence electrons. The zero-order valence-corrected chi connectivity index (χ0v) is 16.4. The number of nitrogens with zero attached hydrogens (tertiary/aromatic N) is 2. The number of rotatable bonds is 6. The van der Waals surface area contributed by atoms with Crippen LogP contribution >= 0.6 is 0 Å². The van der Waals surface area contributed by atoms with Crippen molar-refractivity contribution >= 4 is 5.91 Å². The third kappa shape index (κ3) is 5.97. The number of aryl methyl sites for hydroxylation is 1. The summed E-state index contributed by atoms with van der Waals surface area (Å²) in [7, 11) is 1.62. The SMILES string of the molecule is COc1ccc(CCC(=O)N2CCN(Cc3ccc(C(F)(F)F)cc3)CC2)cc1. The maximum atomic E-state index is 12.6. The second-order valence-corrected chi connectivity index (χ2v) is 7.20. The van der Waals surface area contributed by atoms with Crippen molar-refractivity contribution in [3.05, 3.63) is 65.2 Å². The fourth-order valence-electron chi connectivity index (χ4n) is 3.41. The van der Waals surface area contributed by atoms with E-state index < -0.39 is 11.7 Å². The standard InChI is InChI=1S/C22H25F3N2O2/c1-29-20-9-4-17(5-10-20)6-11-21(28)27-14-12-26(13-15-27)16-18-2-7-19(8-3-18)22(23,24)25/h2-5,7-10H,6,11-16H2,1H3. The Morgan fingerprint density at radius 2 is 1.52 bits per heavy atom. The fourth-order valence-corrected chi connectivity index (χ4v) is 3.41. The number of piperazine rings is 1. The van der Waals surface area contributed by atoms with Crippen LogP contribution < -0.4 is 4.74 Å². The van der Waals surface area contributed by atoms with Crippen molar-refractivity contribution in [3.63, 3.8) is 0 Å². The molecule has 0 saturated carbocycles. The monoisotopic (exact) mass is 406 g/mol. The summed E-state index contributed by atoms with van der Waals surface area (Å²) >= 11 is 0. The Hall–Kier alpha value is -2.54. The Bertz CT molecular complexity index is 796. The van der Waals surface area contributed by atoms with Crippen molar-refractivity contribution in [2.75, 3.05) is 33.3 Å². The van der Waals surface area contributed by atoms with Crippen molar-refractivity contribution in [1.29, 1.82) is 0 Å². The largest absolute Gasteiger partial charge is 0.497 e. The molecule has 0 bridgehead atoms. The fraction of sp³-hybridized carbons (Fsp3) is 0.409. The molecule has 1 saturated heterocycles. The lowest BCUT2D eigenvalue weighted by Gasteiger charge is -2.35. The van der Waals surface area contributed by atoms with Gasteiger partial charge < -0.3 is 9.64 Å². The van der Waals surface area contributed by atoms with Gasteiger partial charge in [0.05, 0.1) is 12.7 Å².